The number of aliphatic carboxylic acids is 1. The highest BCUT2D eigenvalue weighted by Crippen LogP contribution is 2.18. The molecule has 1 saturated heterocycles. The molecule has 25 nitrogen and oxygen atoms in total. The summed E-state index contributed by atoms with van der Waals surface area (Å²) in [5.74, 6) is -16.0. The van der Waals surface area contributed by atoms with Gasteiger partial charge < -0.3 is 78.9 Å². The zero-order valence-electron chi connectivity index (χ0n) is 34.2. The van der Waals surface area contributed by atoms with E-state index < -0.39 is 158 Å². The molecule has 0 saturated carbocycles. The predicted molar refractivity (Wildman–Crippen MR) is 210 cm³/mol. The molecule has 62 heavy (non-hydrogen) atoms. The highest BCUT2D eigenvalue weighted by molar-refractivity contribution is 6.06. The fourth-order valence-corrected chi connectivity index (χ4v) is 5.71. The fourth-order valence-electron chi connectivity index (χ4n) is 5.71. The Bertz CT molecular complexity index is 1800. The Labute approximate surface area is 354 Å². The monoisotopic (exact) mass is 881 g/mol. The van der Waals surface area contributed by atoms with E-state index in [0.29, 0.717) is 0 Å². The van der Waals surface area contributed by atoms with E-state index in [1.807, 2.05) is 16.0 Å². The maximum atomic E-state index is 13.7. The highest BCUT2D eigenvalue weighted by Gasteiger charge is 2.41. The number of nitrogens with two attached hydrogens (primary N) is 1. The first kappa shape index (κ1) is 52.0. The van der Waals surface area contributed by atoms with Crippen molar-refractivity contribution >= 4 is 59.0 Å². The quantitative estimate of drug-likeness (QED) is 0.0818. The molecule has 1 aromatic carbocycles. The van der Waals surface area contributed by atoms with Crippen LogP contribution in [0.15, 0.2) is 30.3 Å². The van der Waals surface area contributed by atoms with E-state index in [0.717, 1.165) is 12.5 Å². The van der Waals surface area contributed by atoms with E-state index in [1.54, 1.807) is 35.6 Å². The second-order valence-corrected chi connectivity index (χ2v) is 14.8. The van der Waals surface area contributed by atoms with E-state index in [9.17, 15) is 78.6 Å². The summed E-state index contributed by atoms with van der Waals surface area (Å²) in [4.78, 5) is 131. The first-order valence-corrected chi connectivity index (χ1v) is 19.2. The van der Waals surface area contributed by atoms with Crippen molar-refractivity contribution in [2.24, 2.45) is 17.6 Å². The minimum absolute atomic E-state index is 0.242. The van der Waals surface area contributed by atoms with Crippen LogP contribution in [-0.4, -0.2) is 170 Å². The van der Waals surface area contributed by atoms with Gasteiger partial charge in [0.25, 0.3) is 11.8 Å². The Hall–Kier alpha value is -6.12. The molecule has 25 heteroatoms. The van der Waals surface area contributed by atoms with Gasteiger partial charge in [-0.1, -0.05) is 44.2 Å². The largest absolute Gasteiger partial charge is 0.479 e. The first-order chi connectivity index (χ1) is 29.0. The number of Topliss-reactive ketones (excluding diaryl/α,β-unsaturated/α-hetero) is 1. The van der Waals surface area contributed by atoms with Crippen molar-refractivity contribution in [3.8, 4) is 0 Å². The van der Waals surface area contributed by atoms with Gasteiger partial charge in [-0.25, -0.2) is 4.79 Å². The molecule has 1 fully saturated rings. The van der Waals surface area contributed by atoms with Gasteiger partial charge in [-0.2, -0.15) is 0 Å². The molecule has 0 aliphatic carbocycles. The lowest BCUT2D eigenvalue weighted by molar-refractivity contribution is -0.148. The predicted octanol–water partition coefficient (Wildman–Crippen LogP) is -7.91. The maximum absolute atomic E-state index is 13.7. The van der Waals surface area contributed by atoms with Gasteiger partial charge in [0.1, 0.15) is 36.4 Å². The summed E-state index contributed by atoms with van der Waals surface area (Å²) >= 11 is 0. The smallest absolute Gasteiger partial charge is 0.336 e. The van der Waals surface area contributed by atoms with E-state index >= 15 is 0 Å². The van der Waals surface area contributed by atoms with Crippen molar-refractivity contribution in [1.29, 1.82) is 0 Å². The summed E-state index contributed by atoms with van der Waals surface area (Å²) in [6, 6.07) is -2.61. The third-order valence-corrected chi connectivity index (χ3v) is 9.58. The van der Waals surface area contributed by atoms with Gasteiger partial charge in [0.2, 0.25) is 41.5 Å². The number of carboxylic acid groups (broad SMARTS) is 1. The van der Waals surface area contributed by atoms with Gasteiger partial charge in [0.05, 0.1) is 25.3 Å². The van der Waals surface area contributed by atoms with E-state index in [1.165, 1.54) is 20.8 Å². The second-order valence-electron chi connectivity index (χ2n) is 14.8. The van der Waals surface area contributed by atoms with Crippen LogP contribution in [0, 0.1) is 11.8 Å². The average Bonchev–Trinajstić information content (AvgIpc) is 3.22. The number of amides is 8. The third kappa shape index (κ3) is 15.4. The minimum atomic E-state index is -2.53. The average molecular weight is 882 g/mol. The summed E-state index contributed by atoms with van der Waals surface area (Å²) in [6.45, 7) is 2.68. The SMILES string of the molecule is CC(NCc1ccccc1)C(=O)NCC1NC(=O)C(C(=O)O)NC(=O)C(O)CNC(=O)C(C(C)O)NC(=O)C(C(O)C(O)C(N)=O)NC(=O)C(C(C)C)CC(=O)C(CO)NC1=O. The van der Waals surface area contributed by atoms with Gasteiger partial charge in [-0.3, -0.25) is 43.2 Å². The maximum Gasteiger partial charge on any atom is 0.336 e. The third-order valence-electron chi connectivity index (χ3n) is 9.58. The number of primary amides is 1. The minimum Gasteiger partial charge on any atom is -0.479 e. The second kappa shape index (κ2) is 24.4. The molecule has 1 heterocycles. The number of aliphatic hydroxyl groups is 5. The van der Waals surface area contributed by atoms with E-state index in [-0.39, 0.29) is 6.54 Å². The molecular weight excluding hydrogens is 826 g/mol. The Morgan fingerprint density at radius 2 is 1.37 bits per heavy atom. The van der Waals surface area contributed by atoms with Crippen LogP contribution in [-0.2, 0) is 54.5 Å². The number of hydrogen-bond donors (Lipinski definition) is 15. The van der Waals surface area contributed by atoms with Crippen molar-refractivity contribution in [3.63, 3.8) is 0 Å². The number of β-amino-alcohol motifs (C(OH)–C–C–N with tert-alkyl or cyclic N) is 1. The normalized spacial score (nSPS) is 26.0. The number of nitrogens with one attached hydrogen (secondary N) is 8. The summed E-state index contributed by atoms with van der Waals surface area (Å²) in [5, 5.41) is 79.1. The molecule has 16 N–H and O–H groups in total. The molecule has 1 aliphatic heterocycles. The number of carbonyl (C=O) groups is 10. The van der Waals surface area contributed by atoms with Crippen molar-refractivity contribution in [2.75, 3.05) is 19.7 Å². The van der Waals surface area contributed by atoms with Crippen LogP contribution in [0.5, 0.6) is 0 Å². The van der Waals surface area contributed by atoms with Gasteiger partial charge in [-0.05, 0) is 25.3 Å². The van der Waals surface area contributed by atoms with Gasteiger partial charge in [0, 0.05) is 25.4 Å². The zero-order valence-corrected chi connectivity index (χ0v) is 34.2. The number of hydrogen-bond acceptors (Lipinski definition) is 16. The lowest BCUT2D eigenvalue weighted by atomic mass is 9.87. The van der Waals surface area contributed by atoms with E-state index in [4.69, 9.17) is 5.73 Å². The number of benzene rings is 1. The molecule has 0 bridgehead atoms. The van der Waals surface area contributed by atoms with E-state index in [2.05, 4.69) is 21.3 Å². The van der Waals surface area contributed by atoms with Crippen molar-refractivity contribution in [3.05, 3.63) is 35.9 Å². The van der Waals surface area contributed by atoms with Crippen LogP contribution in [0.2, 0.25) is 0 Å². The Morgan fingerprint density at radius 3 is 1.92 bits per heavy atom. The molecule has 1 aliphatic rings. The van der Waals surface area contributed by atoms with Crippen molar-refractivity contribution in [1.82, 2.24) is 42.5 Å². The molecule has 0 spiro atoms. The molecule has 0 aromatic heterocycles. The highest BCUT2D eigenvalue weighted by atomic mass is 16.4. The number of ketones is 1. The van der Waals surface area contributed by atoms with Crippen LogP contribution in [0.4, 0.5) is 0 Å². The number of carboxylic acids is 1. The Kier molecular flexibility index (Phi) is 20.4. The topological polar surface area (TPSA) is 414 Å². The summed E-state index contributed by atoms with van der Waals surface area (Å²) in [7, 11) is 0. The number of rotatable bonds is 13. The molecular formula is C37H55N9O16. The van der Waals surface area contributed by atoms with Crippen molar-refractivity contribution in [2.45, 2.75) is 101 Å². The summed E-state index contributed by atoms with van der Waals surface area (Å²) in [6.07, 6.45) is -9.92. The van der Waals surface area contributed by atoms with Crippen LogP contribution in [0.1, 0.15) is 39.7 Å². The Balaban J connectivity index is 2.58. The number of carbonyl (C=O) groups excluding carboxylic acids is 9. The van der Waals surface area contributed by atoms with Gasteiger partial charge in [-0.15, -0.1) is 0 Å². The van der Waals surface area contributed by atoms with Crippen LogP contribution in [0.3, 0.4) is 0 Å². The lowest BCUT2D eigenvalue weighted by Crippen LogP contribution is -2.64. The molecule has 2 rings (SSSR count). The fraction of sp³-hybridized carbons (Fsp3) is 0.568. The lowest BCUT2D eigenvalue weighted by Gasteiger charge is -2.31. The summed E-state index contributed by atoms with van der Waals surface area (Å²) in [5.41, 5.74) is 5.90. The first-order valence-electron chi connectivity index (χ1n) is 19.2. The molecule has 344 valence electrons. The van der Waals surface area contributed by atoms with Crippen LogP contribution < -0.4 is 48.3 Å². The molecule has 11 unspecified atom stereocenters. The Morgan fingerprint density at radius 1 is 0.774 bits per heavy atom. The summed E-state index contributed by atoms with van der Waals surface area (Å²) < 4.78 is 0. The molecule has 8 amide bonds. The zero-order chi connectivity index (χ0) is 47.0. The van der Waals surface area contributed by atoms with Gasteiger partial charge >= 0.3 is 5.97 Å². The van der Waals surface area contributed by atoms with Gasteiger partial charge in [0.15, 0.2) is 11.9 Å². The number of aliphatic hydroxyl groups excluding tert-OH is 5. The molecule has 1 aromatic rings. The van der Waals surface area contributed by atoms with Crippen molar-refractivity contribution < 1.29 is 78.6 Å². The van der Waals surface area contributed by atoms with Crippen LogP contribution in [0.25, 0.3) is 0 Å². The molecule has 0 radical (unpaired) electrons. The molecule has 11 atom stereocenters. The standard InChI is InChI=1S/C37H55N9O16/c1-15(2)19-10-22(49)21(14-47)43-32(56)20(12-40-30(54)16(3)39-11-18-8-6-5-7-9-18)42-36(60)26(37(61)62)46-33(57)23(50)13-41-34(58)24(17(4)48)44-35(59)25(45-31(19)55)27(51)28(52)29(38)53/h5-9,15-17,19-21,23-28,39,47-48,50-52H,10-14H2,1-4H3,(H2,38,53)(H,40,54)(H,41,58)(H,42,60)(H,43,56)(H,44,59)(H,45,55)(H,46,57)(H,61,62). The van der Waals surface area contributed by atoms with Crippen LogP contribution >= 0.6 is 0 Å².